The maximum atomic E-state index is 12.3. The minimum Gasteiger partial charge on any atom is -0.350 e. The summed E-state index contributed by atoms with van der Waals surface area (Å²) in [5.74, 6) is 0.164. The van der Waals surface area contributed by atoms with Gasteiger partial charge in [0.05, 0.1) is 12.1 Å². The van der Waals surface area contributed by atoms with Gasteiger partial charge in [0.25, 0.3) is 0 Å². The molecule has 0 fully saturated rings. The van der Waals surface area contributed by atoms with Crippen LogP contribution < -0.4 is 4.90 Å². The summed E-state index contributed by atoms with van der Waals surface area (Å²) < 4.78 is 37.0. The SMILES string of the molecule is CN(C)C(=O)CN(C)c1ccc(C(F)(F)F)cn1. The molecule has 7 heteroatoms. The number of alkyl halides is 3. The van der Waals surface area contributed by atoms with Crippen molar-refractivity contribution < 1.29 is 18.0 Å². The molecule has 1 aromatic heterocycles. The molecule has 0 atom stereocenters. The van der Waals surface area contributed by atoms with Crippen molar-refractivity contribution in [3.63, 3.8) is 0 Å². The van der Waals surface area contributed by atoms with Gasteiger partial charge in [-0.1, -0.05) is 0 Å². The number of nitrogens with zero attached hydrogens (tertiary/aromatic N) is 3. The highest BCUT2D eigenvalue weighted by molar-refractivity contribution is 5.80. The van der Waals surface area contributed by atoms with E-state index in [9.17, 15) is 18.0 Å². The van der Waals surface area contributed by atoms with E-state index < -0.39 is 11.7 Å². The van der Waals surface area contributed by atoms with Crippen LogP contribution in [0.5, 0.6) is 0 Å². The van der Waals surface area contributed by atoms with Crippen molar-refractivity contribution >= 4 is 11.7 Å². The first-order valence-electron chi connectivity index (χ1n) is 5.16. The summed E-state index contributed by atoms with van der Waals surface area (Å²) in [6, 6.07) is 2.19. The summed E-state index contributed by atoms with van der Waals surface area (Å²) in [7, 11) is 4.81. The van der Waals surface area contributed by atoms with E-state index in [1.165, 1.54) is 15.9 Å². The number of rotatable bonds is 3. The Morgan fingerprint density at radius 3 is 2.28 bits per heavy atom. The number of hydrogen-bond acceptors (Lipinski definition) is 3. The highest BCUT2D eigenvalue weighted by Gasteiger charge is 2.30. The van der Waals surface area contributed by atoms with E-state index in [0.29, 0.717) is 5.82 Å². The number of anilines is 1. The third-order valence-corrected chi connectivity index (χ3v) is 2.34. The molecule has 0 aliphatic heterocycles. The molecule has 4 nitrogen and oxygen atoms in total. The molecule has 0 spiro atoms. The molecule has 100 valence electrons. The van der Waals surface area contributed by atoms with Gasteiger partial charge in [-0.05, 0) is 12.1 Å². The third-order valence-electron chi connectivity index (χ3n) is 2.34. The lowest BCUT2D eigenvalue weighted by Crippen LogP contribution is -2.34. The predicted molar refractivity (Wildman–Crippen MR) is 61.2 cm³/mol. The number of likely N-dealkylation sites (N-methyl/N-ethyl adjacent to an activating group) is 2. The molecule has 0 aliphatic rings. The van der Waals surface area contributed by atoms with Crippen molar-refractivity contribution in [2.75, 3.05) is 32.6 Å². The van der Waals surface area contributed by atoms with Crippen molar-refractivity contribution in [2.45, 2.75) is 6.18 Å². The van der Waals surface area contributed by atoms with Crippen LogP contribution in [0.25, 0.3) is 0 Å². The van der Waals surface area contributed by atoms with Crippen LogP contribution in [0.3, 0.4) is 0 Å². The van der Waals surface area contributed by atoms with Crippen molar-refractivity contribution in [3.05, 3.63) is 23.9 Å². The van der Waals surface area contributed by atoms with Gasteiger partial charge in [-0.3, -0.25) is 4.79 Å². The van der Waals surface area contributed by atoms with Gasteiger partial charge >= 0.3 is 6.18 Å². The van der Waals surface area contributed by atoms with E-state index in [2.05, 4.69) is 4.98 Å². The van der Waals surface area contributed by atoms with Crippen LogP contribution in [0.1, 0.15) is 5.56 Å². The number of carbonyl (C=O) groups is 1. The van der Waals surface area contributed by atoms with Gasteiger partial charge < -0.3 is 9.80 Å². The molecule has 0 aliphatic carbocycles. The quantitative estimate of drug-likeness (QED) is 0.829. The number of hydrogen-bond donors (Lipinski definition) is 0. The van der Waals surface area contributed by atoms with Crippen LogP contribution in [-0.2, 0) is 11.0 Å². The first-order valence-corrected chi connectivity index (χ1v) is 5.16. The average Bonchev–Trinajstić information content (AvgIpc) is 2.27. The van der Waals surface area contributed by atoms with Crippen LogP contribution in [-0.4, -0.2) is 43.5 Å². The number of carbonyl (C=O) groups excluding carboxylic acids is 1. The molecule has 1 aromatic rings. The normalized spacial score (nSPS) is 11.2. The van der Waals surface area contributed by atoms with Crippen molar-refractivity contribution in [1.29, 1.82) is 0 Å². The van der Waals surface area contributed by atoms with E-state index in [1.54, 1.807) is 21.1 Å². The van der Waals surface area contributed by atoms with Gasteiger partial charge in [0, 0.05) is 27.3 Å². The summed E-state index contributed by atoms with van der Waals surface area (Å²) >= 11 is 0. The predicted octanol–water partition coefficient (Wildman–Crippen LogP) is 1.62. The standard InChI is InChI=1S/C11H14F3N3O/c1-16(2)10(18)7-17(3)9-5-4-8(6-15-9)11(12,13)14/h4-6H,7H2,1-3H3. The Labute approximate surface area is 103 Å². The number of amides is 1. The molecule has 1 amide bonds. The second-order valence-corrected chi connectivity index (χ2v) is 4.05. The smallest absolute Gasteiger partial charge is 0.350 e. The number of aromatic nitrogens is 1. The van der Waals surface area contributed by atoms with Gasteiger partial charge in [0.15, 0.2) is 0 Å². The lowest BCUT2D eigenvalue weighted by Gasteiger charge is -2.20. The Bertz CT molecular complexity index is 415. The molecule has 0 bridgehead atoms. The summed E-state index contributed by atoms with van der Waals surface area (Å²) in [5, 5.41) is 0. The van der Waals surface area contributed by atoms with Crippen LogP contribution in [0.2, 0.25) is 0 Å². The fourth-order valence-electron chi connectivity index (χ4n) is 1.20. The van der Waals surface area contributed by atoms with Crippen molar-refractivity contribution in [1.82, 2.24) is 9.88 Å². The molecule has 0 N–H and O–H groups in total. The van der Waals surface area contributed by atoms with Crippen LogP contribution in [0.4, 0.5) is 19.0 Å². The lowest BCUT2D eigenvalue weighted by molar-refractivity contribution is -0.137. The fraction of sp³-hybridized carbons (Fsp3) is 0.455. The van der Waals surface area contributed by atoms with E-state index >= 15 is 0 Å². The van der Waals surface area contributed by atoms with Crippen LogP contribution >= 0.6 is 0 Å². The van der Waals surface area contributed by atoms with Gasteiger partial charge in [-0.15, -0.1) is 0 Å². The molecule has 0 aromatic carbocycles. The minimum atomic E-state index is -4.40. The molecule has 1 rings (SSSR count). The number of pyridine rings is 1. The highest BCUT2D eigenvalue weighted by Crippen LogP contribution is 2.29. The Morgan fingerprint density at radius 2 is 1.89 bits per heavy atom. The van der Waals surface area contributed by atoms with E-state index in [-0.39, 0.29) is 12.5 Å². The Morgan fingerprint density at radius 1 is 1.28 bits per heavy atom. The second-order valence-electron chi connectivity index (χ2n) is 4.05. The topological polar surface area (TPSA) is 36.4 Å². The zero-order chi connectivity index (χ0) is 13.9. The first kappa shape index (κ1) is 14.3. The summed E-state index contributed by atoms with van der Waals surface area (Å²) in [6.45, 7) is 0.0609. The largest absolute Gasteiger partial charge is 0.417 e. The van der Waals surface area contributed by atoms with Gasteiger partial charge in [0.2, 0.25) is 5.91 Å². The van der Waals surface area contributed by atoms with Crippen LogP contribution in [0.15, 0.2) is 18.3 Å². The zero-order valence-corrected chi connectivity index (χ0v) is 10.3. The first-order chi connectivity index (χ1) is 8.21. The minimum absolute atomic E-state index is 0.0609. The molecule has 0 saturated heterocycles. The second kappa shape index (κ2) is 5.24. The summed E-state index contributed by atoms with van der Waals surface area (Å²) in [6.07, 6.45) is -3.64. The molecule has 18 heavy (non-hydrogen) atoms. The van der Waals surface area contributed by atoms with Crippen molar-refractivity contribution in [2.24, 2.45) is 0 Å². The fourth-order valence-corrected chi connectivity index (χ4v) is 1.20. The molecular formula is C11H14F3N3O. The van der Waals surface area contributed by atoms with E-state index in [4.69, 9.17) is 0 Å². The monoisotopic (exact) mass is 261 g/mol. The van der Waals surface area contributed by atoms with Gasteiger partial charge in [0.1, 0.15) is 5.82 Å². The molecule has 1 heterocycles. The van der Waals surface area contributed by atoms with Gasteiger partial charge in [-0.2, -0.15) is 13.2 Å². The Hall–Kier alpha value is -1.79. The number of halogens is 3. The molecular weight excluding hydrogens is 247 g/mol. The zero-order valence-electron chi connectivity index (χ0n) is 10.3. The maximum absolute atomic E-state index is 12.3. The van der Waals surface area contributed by atoms with Crippen LogP contribution in [0, 0.1) is 0 Å². The van der Waals surface area contributed by atoms with E-state index in [0.717, 1.165) is 12.3 Å². The van der Waals surface area contributed by atoms with E-state index in [1.807, 2.05) is 0 Å². The Balaban J connectivity index is 2.76. The molecule has 0 saturated carbocycles. The van der Waals surface area contributed by atoms with Crippen molar-refractivity contribution in [3.8, 4) is 0 Å². The summed E-state index contributed by atoms with van der Waals surface area (Å²) in [4.78, 5) is 18.0. The lowest BCUT2D eigenvalue weighted by atomic mass is 10.2. The molecule has 0 unspecified atom stereocenters. The third kappa shape index (κ3) is 3.61. The average molecular weight is 261 g/mol. The van der Waals surface area contributed by atoms with Gasteiger partial charge in [-0.25, -0.2) is 4.98 Å². The Kier molecular flexibility index (Phi) is 4.15. The maximum Gasteiger partial charge on any atom is 0.417 e. The highest BCUT2D eigenvalue weighted by atomic mass is 19.4. The summed E-state index contributed by atoms with van der Waals surface area (Å²) in [5.41, 5.74) is -0.807. The molecule has 0 radical (unpaired) electrons.